The summed E-state index contributed by atoms with van der Waals surface area (Å²) >= 11 is 0. The van der Waals surface area contributed by atoms with E-state index in [0.717, 1.165) is 0 Å². The van der Waals surface area contributed by atoms with E-state index in [1.807, 2.05) is 24.3 Å². The second-order valence-electron chi connectivity index (χ2n) is 4.02. The minimum Gasteiger partial charge on any atom is -0.300 e. The zero-order valence-corrected chi connectivity index (χ0v) is 9.44. The Morgan fingerprint density at radius 3 is 2.47 bits per heavy atom. The smallest absolute Gasteiger partial charge is 0.130 e. The molecular formula is C14H18O. The monoisotopic (exact) mass is 202 g/mol. The Kier molecular flexibility index (Phi) is 4.29. The molecule has 0 spiro atoms. The van der Waals surface area contributed by atoms with Crippen LogP contribution in [0.2, 0.25) is 0 Å². The lowest BCUT2D eigenvalue weighted by Crippen LogP contribution is -2.11. The van der Waals surface area contributed by atoms with Gasteiger partial charge in [0.15, 0.2) is 0 Å². The van der Waals surface area contributed by atoms with E-state index in [9.17, 15) is 4.79 Å². The van der Waals surface area contributed by atoms with Crippen LogP contribution in [0.3, 0.4) is 0 Å². The van der Waals surface area contributed by atoms with Crippen LogP contribution in [0, 0.1) is 5.92 Å². The fourth-order valence-electron chi connectivity index (χ4n) is 1.78. The first-order valence-corrected chi connectivity index (χ1v) is 5.32. The molecule has 1 heteroatoms. The first-order chi connectivity index (χ1) is 7.15. The van der Waals surface area contributed by atoms with Gasteiger partial charge in [-0.1, -0.05) is 43.3 Å². The first-order valence-electron chi connectivity index (χ1n) is 5.32. The zero-order chi connectivity index (χ0) is 11.3. The molecular weight excluding hydrogens is 184 g/mol. The SMILES string of the molecule is C=CC(C)C(CC(C)=O)c1ccccc1. The highest BCUT2D eigenvalue weighted by Gasteiger charge is 2.18. The van der Waals surface area contributed by atoms with Crippen LogP contribution in [-0.4, -0.2) is 5.78 Å². The minimum absolute atomic E-state index is 0.234. The Morgan fingerprint density at radius 2 is 2.00 bits per heavy atom. The quantitative estimate of drug-likeness (QED) is 0.667. The summed E-state index contributed by atoms with van der Waals surface area (Å²) in [5, 5.41) is 0. The van der Waals surface area contributed by atoms with Crippen molar-refractivity contribution in [1.29, 1.82) is 0 Å². The van der Waals surface area contributed by atoms with Crippen molar-refractivity contribution in [3.63, 3.8) is 0 Å². The maximum atomic E-state index is 11.2. The van der Waals surface area contributed by atoms with Crippen LogP contribution in [0.4, 0.5) is 0 Å². The van der Waals surface area contributed by atoms with Crippen molar-refractivity contribution < 1.29 is 4.79 Å². The van der Waals surface area contributed by atoms with Crippen molar-refractivity contribution in [3.05, 3.63) is 48.6 Å². The van der Waals surface area contributed by atoms with Gasteiger partial charge in [0, 0.05) is 6.42 Å². The van der Waals surface area contributed by atoms with Gasteiger partial charge in [0.05, 0.1) is 0 Å². The molecule has 80 valence electrons. The van der Waals surface area contributed by atoms with Crippen LogP contribution >= 0.6 is 0 Å². The van der Waals surface area contributed by atoms with Crippen molar-refractivity contribution in [2.45, 2.75) is 26.2 Å². The van der Waals surface area contributed by atoms with Crippen molar-refractivity contribution >= 4 is 5.78 Å². The predicted molar refractivity (Wildman–Crippen MR) is 63.8 cm³/mol. The summed E-state index contributed by atoms with van der Waals surface area (Å²) in [4.78, 5) is 11.2. The van der Waals surface area contributed by atoms with E-state index in [2.05, 4.69) is 25.6 Å². The van der Waals surface area contributed by atoms with Gasteiger partial charge in [0.25, 0.3) is 0 Å². The normalized spacial score (nSPS) is 14.3. The highest BCUT2D eigenvalue weighted by Crippen LogP contribution is 2.28. The Hall–Kier alpha value is -1.37. The number of hydrogen-bond donors (Lipinski definition) is 0. The van der Waals surface area contributed by atoms with Gasteiger partial charge < -0.3 is 4.79 Å². The lowest BCUT2D eigenvalue weighted by atomic mass is 9.84. The van der Waals surface area contributed by atoms with E-state index in [-0.39, 0.29) is 11.7 Å². The number of Topliss-reactive ketones (excluding diaryl/α,β-unsaturated/α-hetero) is 1. The zero-order valence-electron chi connectivity index (χ0n) is 9.44. The maximum absolute atomic E-state index is 11.2. The van der Waals surface area contributed by atoms with E-state index in [1.165, 1.54) is 5.56 Å². The van der Waals surface area contributed by atoms with Gasteiger partial charge >= 0.3 is 0 Å². The third kappa shape index (κ3) is 3.35. The standard InChI is InChI=1S/C14H18O/c1-4-11(2)14(10-12(3)15)13-8-6-5-7-9-13/h4-9,11,14H,1,10H2,2-3H3. The number of carbonyl (C=O) groups is 1. The summed E-state index contributed by atoms with van der Waals surface area (Å²) in [7, 11) is 0. The molecule has 0 aliphatic carbocycles. The number of allylic oxidation sites excluding steroid dienone is 1. The predicted octanol–water partition coefficient (Wildman–Crippen LogP) is 3.57. The van der Waals surface area contributed by atoms with E-state index in [4.69, 9.17) is 0 Å². The van der Waals surface area contributed by atoms with E-state index in [0.29, 0.717) is 12.3 Å². The molecule has 1 aromatic rings. The van der Waals surface area contributed by atoms with Gasteiger partial charge in [-0.3, -0.25) is 0 Å². The van der Waals surface area contributed by atoms with Gasteiger partial charge in [-0.25, -0.2) is 0 Å². The molecule has 0 heterocycles. The van der Waals surface area contributed by atoms with Crippen LogP contribution in [-0.2, 0) is 4.79 Å². The first kappa shape index (κ1) is 11.7. The molecule has 0 bridgehead atoms. The van der Waals surface area contributed by atoms with Crippen LogP contribution in [0.25, 0.3) is 0 Å². The average molecular weight is 202 g/mol. The van der Waals surface area contributed by atoms with Crippen LogP contribution in [0.1, 0.15) is 31.7 Å². The summed E-state index contributed by atoms with van der Waals surface area (Å²) in [6.07, 6.45) is 2.51. The molecule has 0 saturated carbocycles. The van der Waals surface area contributed by atoms with Crippen molar-refractivity contribution in [1.82, 2.24) is 0 Å². The Labute approximate surface area is 91.8 Å². The minimum atomic E-state index is 0.234. The van der Waals surface area contributed by atoms with Gasteiger partial charge in [-0.2, -0.15) is 0 Å². The maximum Gasteiger partial charge on any atom is 0.130 e. The molecule has 0 aromatic heterocycles. The van der Waals surface area contributed by atoms with Crippen LogP contribution in [0.15, 0.2) is 43.0 Å². The number of rotatable bonds is 5. The number of benzene rings is 1. The molecule has 0 amide bonds. The van der Waals surface area contributed by atoms with E-state index < -0.39 is 0 Å². The number of ketones is 1. The molecule has 2 atom stereocenters. The third-order valence-corrected chi connectivity index (χ3v) is 2.74. The van der Waals surface area contributed by atoms with Crippen molar-refractivity contribution in [2.75, 3.05) is 0 Å². The molecule has 1 rings (SSSR count). The molecule has 0 radical (unpaired) electrons. The van der Waals surface area contributed by atoms with Gasteiger partial charge in [-0.15, -0.1) is 6.58 Å². The molecule has 1 aromatic carbocycles. The molecule has 0 saturated heterocycles. The third-order valence-electron chi connectivity index (χ3n) is 2.74. The largest absolute Gasteiger partial charge is 0.300 e. The summed E-state index contributed by atoms with van der Waals surface area (Å²) in [6.45, 7) is 7.55. The number of hydrogen-bond acceptors (Lipinski definition) is 1. The summed E-state index contributed by atoms with van der Waals surface area (Å²) < 4.78 is 0. The second kappa shape index (κ2) is 5.50. The van der Waals surface area contributed by atoms with Crippen molar-refractivity contribution in [2.24, 2.45) is 5.92 Å². The number of carbonyl (C=O) groups excluding carboxylic acids is 1. The molecule has 0 N–H and O–H groups in total. The average Bonchev–Trinajstić information content (AvgIpc) is 2.26. The van der Waals surface area contributed by atoms with Gasteiger partial charge in [-0.05, 0) is 24.3 Å². The molecule has 0 aliphatic rings. The Balaban J connectivity index is 2.90. The fourth-order valence-corrected chi connectivity index (χ4v) is 1.78. The fraction of sp³-hybridized carbons (Fsp3) is 0.357. The Bertz CT molecular complexity index is 326. The highest BCUT2D eigenvalue weighted by molar-refractivity contribution is 5.76. The highest BCUT2D eigenvalue weighted by atomic mass is 16.1. The van der Waals surface area contributed by atoms with Gasteiger partial charge in [0.2, 0.25) is 0 Å². The van der Waals surface area contributed by atoms with Gasteiger partial charge in [0.1, 0.15) is 5.78 Å². The summed E-state index contributed by atoms with van der Waals surface area (Å²) in [5.41, 5.74) is 1.22. The molecule has 15 heavy (non-hydrogen) atoms. The van der Waals surface area contributed by atoms with E-state index in [1.54, 1.807) is 6.92 Å². The van der Waals surface area contributed by atoms with Crippen LogP contribution < -0.4 is 0 Å². The molecule has 2 unspecified atom stereocenters. The molecule has 1 nitrogen and oxygen atoms in total. The van der Waals surface area contributed by atoms with E-state index >= 15 is 0 Å². The summed E-state index contributed by atoms with van der Waals surface area (Å²) in [6, 6.07) is 10.2. The lowest BCUT2D eigenvalue weighted by molar-refractivity contribution is -0.117. The Morgan fingerprint density at radius 1 is 1.40 bits per heavy atom. The molecule has 0 aliphatic heterocycles. The summed E-state index contributed by atoms with van der Waals surface area (Å²) in [5.74, 6) is 0.829. The molecule has 0 fully saturated rings. The lowest BCUT2D eigenvalue weighted by Gasteiger charge is -2.20. The van der Waals surface area contributed by atoms with Crippen molar-refractivity contribution in [3.8, 4) is 0 Å². The second-order valence-corrected chi connectivity index (χ2v) is 4.02. The topological polar surface area (TPSA) is 17.1 Å². The van der Waals surface area contributed by atoms with Crippen LogP contribution in [0.5, 0.6) is 0 Å².